The Balaban J connectivity index is 1.87. The van der Waals surface area contributed by atoms with Crippen LogP contribution in [0.1, 0.15) is 12.0 Å². The largest absolute Gasteiger partial charge is 0.475 e. The molecule has 0 radical (unpaired) electrons. The zero-order valence-electron chi connectivity index (χ0n) is 12.2. The van der Waals surface area contributed by atoms with Gasteiger partial charge in [-0.1, -0.05) is 18.2 Å². The average molecular weight is 310 g/mol. The first kappa shape index (κ1) is 16.0. The predicted molar refractivity (Wildman–Crippen MR) is 84.1 cm³/mol. The lowest BCUT2D eigenvalue weighted by Crippen LogP contribution is -2.09. The minimum Gasteiger partial charge on any atom is -0.475 e. The summed E-state index contributed by atoms with van der Waals surface area (Å²) in [6, 6.07) is 9.80. The number of fused-ring (bicyclic) bond motifs is 1. The molecule has 0 amide bonds. The third-order valence-electron chi connectivity index (χ3n) is 3.04. The molecule has 5 heteroatoms. The zero-order chi connectivity index (χ0) is 14.9. The van der Waals surface area contributed by atoms with Crippen molar-refractivity contribution in [2.75, 3.05) is 33.5 Å². The van der Waals surface area contributed by atoms with Gasteiger partial charge in [0.25, 0.3) is 0 Å². The van der Waals surface area contributed by atoms with E-state index in [-0.39, 0.29) is 0 Å². The van der Waals surface area contributed by atoms with Crippen LogP contribution >= 0.6 is 11.6 Å². The fourth-order valence-corrected chi connectivity index (χ4v) is 2.24. The molecule has 1 aromatic carbocycles. The van der Waals surface area contributed by atoms with E-state index in [4.69, 9.17) is 25.8 Å². The highest BCUT2D eigenvalue weighted by molar-refractivity contribution is 6.18. The first-order valence-corrected chi connectivity index (χ1v) is 7.52. The Kier molecular flexibility index (Phi) is 6.73. The van der Waals surface area contributed by atoms with Gasteiger partial charge in [-0.2, -0.15) is 0 Å². The van der Waals surface area contributed by atoms with E-state index >= 15 is 0 Å². The molecule has 0 aliphatic heterocycles. The van der Waals surface area contributed by atoms with Crippen LogP contribution < -0.4 is 4.74 Å². The van der Waals surface area contributed by atoms with Crippen LogP contribution in [0.25, 0.3) is 10.9 Å². The van der Waals surface area contributed by atoms with Crippen LogP contribution in [-0.4, -0.2) is 38.5 Å². The normalized spacial score (nSPS) is 11.0. The highest BCUT2D eigenvalue weighted by atomic mass is 35.5. The molecule has 114 valence electrons. The second-order valence-electron chi connectivity index (χ2n) is 4.58. The summed E-state index contributed by atoms with van der Waals surface area (Å²) >= 11 is 5.99. The molecule has 0 saturated heterocycles. The van der Waals surface area contributed by atoms with Gasteiger partial charge < -0.3 is 14.2 Å². The molecule has 2 aromatic rings. The molecule has 0 fully saturated rings. The van der Waals surface area contributed by atoms with Crippen molar-refractivity contribution in [2.45, 2.75) is 12.3 Å². The zero-order valence-corrected chi connectivity index (χ0v) is 12.9. The summed E-state index contributed by atoms with van der Waals surface area (Å²) < 4.78 is 16.0. The van der Waals surface area contributed by atoms with Crippen LogP contribution in [0.3, 0.4) is 0 Å². The number of halogens is 1. The monoisotopic (exact) mass is 309 g/mol. The fraction of sp³-hybridized carbons (Fsp3) is 0.438. The van der Waals surface area contributed by atoms with E-state index in [1.807, 2.05) is 30.3 Å². The molecule has 0 saturated carbocycles. The minimum absolute atomic E-state index is 0.437. The molecule has 4 nitrogen and oxygen atoms in total. The van der Waals surface area contributed by atoms with Gasteiger partial charge in [0.1, 0.15) is 6.61 Å². The Hall–Kier alpha value is -1.36. The minimum atomic E-state index is 0.437. The SMILES string of the molecule is COCCCOCCOc1cc(CCl)c2ccccc2n1. The number of benzene rings is 1. The Morgan fingerprint density at radius 1 is 1.10 bits per heavy atom. The number of rotatable bonds is 9. The Bertz CT molecular complexity index is 562. The summed E-state index contributed by atoms with van der Waals surface area (Å²) in [7, 11) is 1.68. The topological polar surface area (TPSA) is 40.6 Å². The third kappa shape index (κ3) is 4.84. The number of aromatic nitrogens is 1. The lowest BCUT2D eigenvalue weighted by Gasteiger charge is -2.09. The molecule has 0 bridgehead atoms. The maximum absolute atomic E-state index is 5.99. The van der Waals surface area contributed by atoms with Gasteiger partial charge in [0.15, 0.2) is 0 Å². The molecule has 0 atom stereocenters. The number of para-hydroxylation sites is 1. The summed E-state index contributed by atoms with van der Waals surface area (Å²) in [4.78, 5) is 4.47. The van der Waals surface area contributed by atoms with Crippen molar-refractivity contribution in [3.8, 4) is 5.88 Å². The highest BCUT2D eigenvalue weighted by Crippen LogP contribution is 2.23. The van der Waals surface area contributed by atoms with Crippen LogP contribution in [-0.2, 0) is 15.4 Å². The van der Waals surface area contributed by atoms with Crippen LogP contribution in [0, 0.1) is 0 Å². The Labute approximate surface area is 130 Å². The standard InChI is InChI=1S/C16H20ClNO3/c1-19-7-4-8-20-9-10-21-16-11-13(12-17)14-5-2-3-6-15(14)18-16/h2-3,5-6,11H,4,7-10,12H2,1H3. The molecule has 0 aliphatic carbocycles. The van der Waals surface area contributed by atoms with Gasteiger partial charge in [0, 0.05) is 37.7 Å². The second kappa shape index (κ2) is 8.82. The van der Waals surface area contributed by atoms with Gasteiger partial charge in [0.05, 0.1) is 12.1 Å². The van der Waals surface area contributed by atoms with E-state index in [0.29, 0.717) is 38.2 Å². The maximum Gasteiger partial charge on any atom is 0.214 e. The summed E-state index contributed by atoms with van der Waals surface area (Å²) in [5.41, 5.74) is 1.92. The average Bonchev–Trinajstić information content (AvgIpc) is 2.53. The second-order valence-corrected chi connectivity index (χ2v) is 4.84. The Morgan fingerprint density at radius 3 is 2.76 bits per heavy atom. The molecule has 0 N–H and O–H groups in total. The summed E-state index contributed by atoms with van der Waals surface area (Å²) in [6.45, 7) is 2.40. The van der Waals surface area contributed by atoms with Crippen LogP contribution in [0.2, 0.25) is 0 Å². The summed E-state index contributed by atoms with van der Waals surface area (Å²) in [5.74, 6) is 1.03. The molecule has 1 aromatic heterocycles. The van der Waals surface area contributed by atoms with Gasteiger partial charge in [0.2, 0.25) is 5.88 Å². The summed E-state index contributed by atoms with van der Waals surface area (Å²) in [5, 5.41) is 1.07. The van der Waals surface area contributed by atoms with E-state index in [0.717, 1.165) is 22.9 Å². The van der Waals surface area contributed by atoms with Crippen molar-refractivity contribution in [3.63, 3.8) is 0 Å². The molecular weight excluding hydrogens is 290 g/mol. The number of hydrogen-bond donors (Lipinski definition) is 0. The molecule has 0 spiro atoms. The number of methoxy groups -OCH3 is 1. The number of pyridine rings is 1. The number of hydrogen-bond acceptors (Lipinski definition) is 4. The van der Waals surface area contributed by atoms with Gasteiger partial charge >= 0.3 is 0 Å². The van der Waals surface area contributed by atoms with Gasteiger partial charge in [-0.05, 0) is 18.1 Å². The first-order valence-electron chi connectivity index (χ1n) is 6.99. The van der Waals surface area contributed by atoms with E-state index in [1.165, 1.54) is 0 Å². The van der Waals surface area contributed by atoms with Crippen molar-refractivity contribution < 1.29 is 14.2 Å². The van der Waals surface area contributed by atoms with E-state index in [9.17, 15) is 0 Å². The van der Waals surface area contributed by atoms with Crippen LogP contribution in [0.5, 0.6) is 5.88 Å². The quantitative estimate of drug-likeness (QED) is 0.526. The van der Waals surface area contributed by atoms with Gasteiger partial charge in [-0.3, -0.25) is 0 Å². The first-order chi connectivity index (χ1) is 10.3. The molecular formula is C16H20ClNO3. The molecule has 1 heterocycles. The highest BCUT2D eigenvalue weighted by Gasteiger charge is 2.05. The maximum atomic E-state index is 5.99. The molecule has 2 rings (SSSR count). The molecule has 21 heavy (non-hydrogen) atoms. The smallest absolute Gasteiger partial charge is 0.214 e. The van der Waals surface area contributed by atoms with E-state index in [2.05, 4.69) is 4.98 Å². The Morgan fingerprint density at radius 2 is 1.95 bits per heavy atom. The number of alkyl halides is 1. The predicted octanol–water partition coefficient (Wildman–Crippen LogP) is 3.41. The van der Waals surface area contributed by atoms with Crippen molar-refractivity contribution >= 4 is 22.5 Å². The third-order valence-corrected chi connectivity index (χ3v) is 3.33. The van der Waals surface area contributed by atoms with Crippen molar-refractivity contribution in [1.82, 2.24) is 4.98 Å². The lowest BCUT2D eigenvalue weighted by atomic mass is 10.1. The van der Waals surface area contributed by atoms with Crippen molar-refractivity contribution in [3.05, 3.63) is 35.9 Å². The number of ether oxygens (including phenoxy) is 3. The number of nitrogens with zero attached hydrogens (tertiary/aromatic N) is 1. The van der Waals surface area contributed by atoms with Gasteiger partial charge in [-0.15, -0.1) is 11.6 Å². The lowest BCUT2D eigenvalue weighted by molar-refractivity contribution is 0.0796. The van der Waals surface area contributed by atoms with Crippen molar-refractivity contribution in [1.29, 1.82) is 0 Å². The molecule has 0 aliphatic rings. The fourth-order valence-electron chi connectivity index (χ4n) is 2.02. The van der Waals surface area contributed by atoms with Crippen LogP contribution in [0.15, 0.2) is 30.3 Å². The van der Waals surface area contributed by atoms with Gasteiger partial charge in [-0.25, -0.2) is 4.98 Å². The van der Waals surface area contributed by atoms with Crippen molar-refractivity contribution in [2.24, 2.45) is 0 Å². The van der Waals surface area contributed by atoms with Crippen LogP contribution in [0.4, 0.5) is 0 Å². The summed E-state index contributed by atoms with van der Waals surface area (Å²) in [6.07, 6.45) is 0.890. The van der Waals surface area contributed by atoms with E-state index < -0.39 is 0 Å². The van der Waals surface area contributed by atoms with E-state index in [1.54, 1.807) is 7.11 Å². The molecule has 0 unspecified atom stereocenters.